The summed E-state index contributed by atoms with van der Waals surface area (Å²) >= 11 is 0. The Morgan fingerprint density at radius 3 is 0.622 bits per heavy atom. The molecule has 3 heterocycles. The van der Waals surface area contributed by atoms with Crippen LogP contribution in [-0.4, -0.2) is 136 Å². The van der Waals surface area contributed by atoms with Gasteiger partial charge in [0.15, 0.2) is 0 Å². The van der Waals surface area contributed by atoms with E-state index in [9.17, 15) is 0 Å². The highest BCUT2D eigenvalue weighted by molar-refractivity contribution is 5.38. The van der Waals surface area contributed by atoms with Gasteiger partial charge in [0, 0.05) is 151 Å². The van der Waals surface area contributed by atoms with E-state index in [1.807, 2.05) is 109 Å². The van der Waals surface area contributed by atoms with E-state index >= 15 is 0 Å². The molecule has 18 heteroatoms. The third-order valence-electron chi connectivity index (χ3n) is 15.7. The molecule has 0 atom stereocenters. The Bertz CT molecular complexity index is 2680. The van der Waals surface area contributed by atoms with Crippen molar-refractivity contribution in [1.29, 1.82) is 0 Å². The number of para-hydroxylation sites is 6. The van der Waals surface area contributed by atoms with Crippen LogP contribution in [0.4, 0.5) is 0 Å². The molecule has 0 unspecified atom stereocenters. The summed E-state index contributed by atoms with van der Waals surface area (Å²) in [6.07, 6.45) is -1.38. The van der Waals surface area contributed by atoms with Crippen molar-refractivity contribution < 1.29 is 42.6 Å². The van der Waals surface area contributed by atoms with Gasteiger partial charge in [0.25, 0.3) is 0 Å². The average Bonchev–Trinajstić information content (AvgIpc) is 3.65. The summed E-state index contributed by atoms with van der Waals surface area (Å²) in [5.74, 6) is 4.81. The van der Waals surface area contributed by atoms with Crippen LogP contribution >= 0.6 is 0 Å². The van der Waals surface area contributed by atoms with E-state index in [1.54, 1.807) is 0 Å². The van der Waals surface area contributed by atoms with Gasteiger partial charge in [-0.3, -0.25) is 0 Å². The van der Waals surface area contributed by atoms with Crippen molar-refractivity contribution in [1.82, 2.24) is 47.9 Å². The minimum Gasteiger partial charge on any atom is -0.490 e. The van der Waals surface area contributed by atoms with Gasteiger partial charge in [-0.1, -0.05) is 127 Å². The summed E-state index contributed by atoms with van der Waals surface area (Å²) in [6, 6.07) is 55.5. The van der Waals surface area contributed by atoms with Gasteiger partial charge in [0.05, 0.1) is 19.8 Å². The van der Waals surface area contributed by atoms with Gasteiger partial charge < -0.3 is 90.5 Å². The van der Waals surface area contributed by atoms with Gasteiger partial charge >= 0.3 is 0 Å². The molecule has 3 aliphatic rings. The summed E-state index contributed by atoms with van der Waals surface area (Å²) in [5.41, 5.74) is 9.23. The molecule has 480 valence electrons. The lowest BCUT2D eigenvalue weighted by molar-refractivity contribution is -0.0210. The number of benzene rings is 7. The van der Waals surface area contributed by atoms with Gasteiger partial charge in [0.1, 0.15) is 92.5 Å². The van der Waals surface area contributed by atoms with Crippen LogP contribution in [-0.2, 0) is 73.3 Å². The van der Waals surface area contributed by atoms with E-state index in [-0.39, 0.29) is 59.5 Å². The molecule has 7 aromatic rings. The number of rotatable bonds is 9. The number of ether oxygens (including phenoxy) is 9. The lowest BCUT2D eigenvalue weighted by Gasteiger charge is -2.23. The lowest BCUT2D eigenvalue weighted by Crippen LogP contribution is -2.33. The smallest absolute Gasteiger partial charge is 0.126 e. The number of nitrogens with one attached hydrogen (secondary N) is 9. The maximum absolute atomic E-state index is 6.95. The fraction of sp³-hybridized carbons (Fsp3) is 0.417. The number of hydrogen-bond acceptors (Lipinski definition) is 18. The predicted octanol–water partition coefficient (Wildman–Crippen LogP) is 7.16. The quantitative estimate of drug-likeness (QED) is 0.0707. The Hall–Kier alpha value is -7.14. The van der Waals surface area contributed by atoms with Crippen molar-refractivity contribution in [3.63, 3.8) is 0 Å². The Kier molecular flexibility index (Phi) is 27.7. The van der Waals surface area contributed by atoms with Crippen molar-refractivity contribution in [2.24, 2.45) is 0 Å². The van der Waals surface area contributed by atoms with E-state index in [1.165, 1.54) is 0 Å². The summed E-state index contributed by atoms with van der Waals surface area (Å²) < 4.78 is 60.8. The molecule has 0 aromatic heterocycles. The van der Waals surface area contributed by atoms with E-state index in [0.29, 0.717) is 39.3 Å². The molecular formula is C72H93N9O9. The van der Waals surface area contributed by atoms with Crippen molar-refractivity contribution in [2.75, 3.05) is 118 Å². The standard InChI is InChI=1S/C72H93N9O9/c1-7-19-67-58(13-1)40-76-31-25-73-26-32-77-41-59-14-2-8-20-68(59)86-50-64(49-85-67)82-46-55-37-56(47-83-65-51-87-69-21-9-3-15-60(69)42-78-33-27-74-28-34-79-43-61-16-4-10-22-70(61)88-52-65)39-57(38-55)48-84-66-53-89-71-23-11-5-17-62(71)44-80-35-29-75-30-36-81-45-63-18-6-12-24-72(63)90-54-66/h1-24,37-39,64-66,73-81H,25-36,40-54H2. The van der Waals surface area contributed by atoms with Crippen LogP contribution in [0.5, 0.6) is 34.5 Å². The number of hydrogen-bond donors (Lipinski definition) is 9. The van der Waals surface area contributed by atoms with Crippen molar-refractivity contribution in [3.05, 3.63) is 214 Å². The van der Waals surface area contributed by atoms with Crippen LogP contribution < -0.4 is 76.3 Å². The SMILES string of the molecule is c1ccc2c(c1)CNCCNCCNCc1ccccc1OCC(OCc1cc(COC3COc4ccccc4CNCCNCCNCc4ccccc4OC3)cc(COC3COc4ccccc4CNCCNCCNCc4ccccc4OC3)c1)CO2. The maximum Gasteiger partial charge on any atom is 0.126 e. The van der Waals surface area contributed by atoms with Gasteiger partial charge in [0.2, 0.25) is 0 Å². The van der Waals surface area contributed by atoms with E-state index in [4.69, 9.17) is 42.6 Å². The zero-order valence-electron chi connectivity index (χ0n) is 52.1. The Morgan fingerprint density at radius 2 is 0.422 bits per heavy atom. The van der Waals surface area contributed by atoms with Crippen LogP contribution in [0.25, 0.3) is 0 Å². The topological polar surface area (TPSA) is 191 Å². The molecule has 0 bridgehead atoms. The molecular weight excluding hydrogens is 1130 g/mol. The minimum absolute atomic E-state index is 0.250. The minimum atomic E-state index is -0.460. The van der Waals surface area contributed by atoms with Crippen LogP contribution in [0, 0.1) is 0 Å². The van der Waals surface area contributed by atoms with E-state index < -0.39 is 18.3 Å². The highest BCUT2D eigenvalue weighted by Gasteiger charge is 2.21. The second kappa shape index (κ2) is 37.9. The highest BCUT2D eigenvalue weighted by Crippen LogP contribution is 2.26. The molecule has 0 radical (unpaired) electrons. The molecule has 7 aromatic carbocycles. The maximum atomic E-state index is 6.95. The van der Waals surface area contributed by atoms with E-state index in [0.717, 1.165) is 163 Å². The molecule has 0 fully saturated rings. The van der Waals surface area contributed by atoms with Crippen LogP contribution in [0.15, 0.2) is 164 Å². The monoisotopic (exact) mass is 1230 g/mol. The fourth-order valence-corrected chi connectivity index (χ4v) is 10.8. The van der Waals surface area contributed by atoms with Crippen LogP contribution in [0.3, 0.4) is 0 Å². The molecule has 0 amide bonds. The van der Waals surface area contributed by atoms with E-state index in [2.05, 4.69) is 102 Å². The molecule has 0 aliphatic carbocycles. The number of fused-ring (bicyclic) bond motifs is 6. The summed E-state index contributed by atoms with van der Waals surface area (Å²) in [4.78, 5) is 0. The van der Waals surface area contributed by atoms with Crippen molar-refractivity contribution in [3.8, 4) is 34.5 Å². The third kappa shape index (κ3) is 22.4. The van der Waals surface area contributed by atoms with Crippen LogP contribution in [0.2, 0.25) is 0 Å². The molecule has 3 aliphatic heterocycles. The second-order valence-electron chi connectivity index (χ2n) is 22.8. The van der Waals surface area contributed by atoms with Crippen molar-refractivity contribution >= 4 is 0 Å². The first kappa shape index (κ1) is 65.8. The highest BCUT2D eigenvalue weighted by atomic mass is 16.6. The second-order valence-corrected chi connectivity index (χ2v) is 22.8. The first-order valence-corrected chi connectivity index (χ1v) is 32.2. The summed E-state index contributed by atoms with van der Waals surface area (Å²) in [7, 11) is 0. The third-order valence-corrected chi connectivity index (χ3v) is 15.7. The zero-order chi connectivity index (χ0) is 61.3. The zero-order valence-corrected chi connectivity index (χ0v) is 52.1. The lowest BCUT2D eigenvalue weighted by atomic mass is 10.1. The van der Waals surface area contributed by atoms with Gasteiger partial charge in [-0.2, -0.15) is 0 Å². The Balaban J connectivity index is 0.927. The predicted molar refractivity (Wildman–Crippen MR) is 353 cm³/mol. The molecule has 0 spiro atoms. The summed E-state index contributed by atoms with van der Waals surface area (Å²) in [5, 5.41) is 32.1. The molecule has 9 N–H and O–H groups in total. The first-order valence-electron chi connectivity index (χ1n) is 32.2. The normalized spacial score (nSPS) is 17.9. The van der Waals surface area contributed by atoms with Gasteiger partial charge in [-0.05, 0) is 53.1 Å². The van der Waals surface area contributed by atoms with Crippen molar-refractivity contribution in [2.45, 2.75) is 77.4 Å². The first-order chi connectivity index (χ1) is 44.6. The fourth-order valence-electron chi connectivity index (χ4n) is 10.8. The van der Waals surface area contributed by atoms with Crippen LogP contribution in [0.1, 0.15) is 50.1 Å². The average molecular weight is 1230 g/mol. The molecule has 10 rings (SSSR count). The van der Waals surface area contributed by atoms with Gasteiger partial charge in [-0.25, -0.2) is 0 Å². The Morgan fingerprint density at radius 1 is 0.244 bits per heavy atom. The molecule has 18 nitrogen and oxygen atoms in total. The Labute approximate surface area is 532 Å². The molecule has 90 heavy (non-hydrogen) atoms. The summed E-state index contributed by atoms with van der Waals surface area (Å²) in [6.45, 7) is 16.4. The largest absolute Gasteiger partial charge is 0.490 e. The molecule has 0 saturated heterocycles. The molecule has 0 saturated carbocycles. The van der Waals surface area contributed by atoms with Gasteiger partial charge in [-0.15, -0.1) is 0 Å².